The van der Waals surface area contributed by atoms with E-state index in [4.69, 9.17) is 11.6 Å². The molecule has 0 saturated carbocycles. The molecule has 0 spiro atoms. The number of aromatic nitrogens is 2. The Labute approximate surface area is 77.3 Å². The van der Waals surface area contributed by atoms with Crippen LogP contribution in [0.1, 0.15) is 17.9 Å². The Bertz CT molecular complexity index is 264. The van der Waals surface area contributed by atoms with Gasteiger partial charge in [0, 0.05) is 5.69 Å². The molecule has 1 aromatic heterocycles. The molecule has 0 atom stereocenters. The number of rotatable bonds is 3. The van der Waals surface area contributed by atoms with Crippen molar-refractivity contribution in [1.82, 2.24) is 9.97 Å². The van der Waals surface area contributed by atoms with Crippen LogP contribution in [0.3, 0.4) is 0 Å². The average Bonchev–Trinajstić information content (AvgIpc) is 1.99. The Kier molecular flexibility index (Phi) is 3.23. The van der Waals surface area contributed by atoms with Gasteiger partial charge in [0.1, 0.15) is 11.0 Å². The van der Waals surface area contributed by atoms with E-state index >= 15 is 0 Å². The molecule has 0 aliphatic rings. The first-order valence-electron chi connectivity index (χ1n) is 3.83. The van der Waals surface area contributed by atoms with Crippen LogP contribution in [0.5, 0.6) is 0 Å². The molecule has 1 rings (SSSR count). The van der Waals surface area contributed by atoms with Crippen molar-refractivity contribution in [2.75, 3.05) is 0 Å². The van der Waals surface area contributed by atoms with Gasteiger partial charge in [-0.05, 0) is 25.8 Å². The van der Waals surface area contributed by atoms with Crippen molar-refractivity contribution >= 4 is 11.6 Å². The smallest absolute Gasteiger partial charge is 0.133 e. The van der Waals surface area contributed by atoms with Crippen molar-refractivity contribution in [3.63, 3.8) is 0 Å². The first-order chi connectivity index (χ1) is 5.72. The summed E-state index contributed by atoms with van der Waals surface area (Å²) in [5.41, 5.74) is 0.979. The molecular weight excluding hydrogens is 172 g/mol. The van der Waals surface area contributed by atoms with E-state index in [1.54, 1.807) is 6.07 Å². The lowest BCUT2D eigenvalue weighted by atomic mass is 10.2. The molecule has 0 saturated heterocycles. The van der Waals surface area contributed by atoms with Gasteiger partial charge in [-0.1, -0.05) is 17.7 Å². The van der Waals surface area contributed by atoms with E-state index in [9.17, 15) is 0 Å². The van der Waals surface area contributed by atoms with Gasteiger partial charge >= 0.3 is 0 Å². The molecule has 0 aromatic carbocycles. The molecule has 64 valence electrons. The molecule has 0 amide bonds. The molecule has 2 nitrogen and oxygen atoms in total. The van der Waals surface area contributed by atoms with E-state index < -0.39 is 0 Å². The predicted octanol–water partition coefficient (Wildman–Crippen LogP) is 2.56. The minimum absolute atomic E-state index is 0.515. The molecule has 1 heterocycles. The van der Waals surface area contributed by atoms with Gasteiger partial charge in [0.25, 0.3) is 0 Å². The van der Waals surface area contributed by atoms with Crippen LogP contribution >= 0.6 is 11.6 Å². The Morgan fingerprint density at radius 2 is 2.33 bits per heavy atom. The zero-order chi connectivity index (χ0) is 8.97. The third kappa shape index (κ3) is 2.62. The second kappa shape index (κ2) is 4.21. The molecule has 0 unspecified atom stereocenters. The Morgan fingerprint density at radius 3 is 2.92 bits per heavy atom. The molecule has 0 fully saturated rings. The molecule has 0 aliphatic heterocycles. The fraction of sp³-hybridized carbons (Fsp3) is 0.333. The predicted molar refractivity (Wildman–Crippen MR) is 50.3 cm³/mol. The van der Waals surface area contributed by atoms with E-state index in [2.05, 4.69) is 16.5 Å². The fourth-order valence-corrected chi connectivity index (χ4v) is 1.22. The molecule has 1 aromatic rings. The maximum atomic E-state index is 5.75. The zero-order valence-corrected chi connectivity index (χ0v) is 7.80. The van der Waals surface area contributed by atoms with Crippen molar-refractivity contribution in [1.29, 1.82) is 0 Å². The lowest BCUT2D eigenvalue weighted by Gasteiger charge is -1.99. The van der Waals surface area contributed by atoms with Gasteiger partial charge in [-0.2, -0.15) is 0 Å². The monoisotopic (exact) mass is 182 g/mol. The number of allylic oxidation sites excluding steroid dienone is 1. The topological polar surface area (TPSA) is 25.8 Å². The van der Waals surface area contributed by atoms with E-state index in [0.29, 0.717) is 5.15 Å². The summed E-state index contributed by atoms with van der Waals surface area (Å²) in [4.78, 5) is 8.20. The maximum Gasteiger partial charge on any atom is 0.133 e. The minimum atomic E-state index is 0.515. The Morgan fingerprint density at radius 1 is 1.58 bits per heavy atom. The standard InChI is InChI=1S/C9H11ClN2/c1-3-4-5-8-6-9(10)12-7(2)11-8/h3,6H,1,4-5H2,2H3. The summed E-state index contributed by atoms with van der Waals surface area (Å²) in [5.74, 6) is 0.724. The van der Waals surface area contributed by atoms with E-state index in [0.717, 1.165) is 24.4 Å². The number of nitrogens with zero attached hydrogens (tertiary/aromatic N) is 2. The van der Waals surface area contributed by atoms with Crippen molar-refractivity contribution in [3.8, 4) is 0 Å². The lowest BCUT2D eigenvalue weighted by molar-refractivity contribution is 0.900. The van der Waals surface area contributed by atoms with Crippen LogP contribution in [0.2, 0.25) is 5.15 Å². The van der Waals surface area contributed by atoms with Gasteiger partial charge in [-0.15, -0.1) is 6.58 Å². The van der Waals surface area contributed by atoms with Crippen LogP contribution < -0.4 is 0 Å². The quantitative estimate of drug-likeness (QED) is 0.531. The summed E-state index contributed by atoms with van der Waals surface area (Å²) in [7, 11) is 0. The van der Waals surface area contributed by atoms with Gasteiger partial charge in [0.2, 0.25) is 0 Å². The van der Waals surface area contributed by atoms with Crippen molar-refractivity contribution < 1.29 is 0 Å². The summed E-state index contributed by atoms with van der Waals surface area (Å²) in [6.45, 7) is 5.48. The second-order valence-corrected chi connectivity index (χ2v) is 2.94. The van der Waals surface area contributed by atoms with Crippen molar-refractivity contribution in [3.05, 3.63) is 35.4 Å². The molecular formula is C9H11ClN2. The molecule has 0 aliphatic carbocycles. The highest BCUT2D eigenvalue weighted by Gasteiger charge is 1.97. The molecule has 0 bridgehead atoms. The summed E-state index contributed by atoms with van der Waals surface area (Å²) < 4.78 is 0. The Hall–Kier alpha value is -0.890. The summed E-state index contributed by atoms with van der Waals surface area (Å²) in [6, 6.07) is 1.79. The zero-order valence-electron chi connectivity index (χ0n) is 7.05. The summed E-state index contributed by atoms with van der Waals surface area (Å²) in [6.07, 6.45) is 3.67. The van der Waals surface area contributed by atoms with Gasteiger partial charge in [0.15, 0.2) is 0 Å². The van der Waals surface area contributed by atoms with Crippen LogP contribution in [0.15, 0.2) is 18.7 Å². The summed E-state index contributed by atoms with van der Waals surface area (Å²) >= 11 is 5.75. The molecule has 12 heavy (non-hydrogen) atoms. The molecule has 3 heteroatoms. The third-order valence-corrected chi connectivity index (χ3v) is 1.66. The third-order valence-electron chi connectivity index (χ3n) is 1.46. The first kappa shape index (κ1) is 9.20. The number of hydrogen-bond donors (Lipinski definition) is 0. The van der Waals surface area contributed by atoms with Crippen molar-refractivity contribution in [2.24, 2.45) is 0 Å². The van der Waals surface area contributed by atoms with Crippen LogP contribution in [-0.2, 0) is 6.42 Å². The van der Waals surface area contributed by atoms with Gasteiger partial charge in [-0.3, -0.25) is 0 Å². The van der Waals surface area contributed by atoms with E-state index in [1.807, 2.05) is 13.0 Å². The minimum Gasteiger partial charge on any atom is -0.238 e. The molecule has 0 radical (unpaired) electrons. The average molecular weight is 183 g/mol. The van der Waals surface area contributed by atoms with Crippen LogP contribution in [-0.4, -0.2) is 9.97 Å². The highest BCUT2D eigenvalue weighted by molar-refractivity contribution is 6.29. The van der Waals surface area contributed by atoms with E-state index in [1.165, 1.54) is 0 Å². The highest BCUT2D eigenvalue weighted by atomic mass is 35.5. The molecule has 0 N–H and O–H groups in total. The normalized spacial score (nSPS) is 9.83. The van der Waals surface area contributed by atoms with Crippen LogP contribution in [0.4, 0.5) is 0 Å². The van der Waals surface area contributed by atoms with Gasteiger partial charge in [0.05, 0.1) is 0 Å². The largest absolute Gasteiger partial charge is 0.238 e. The SMILES string of the molecule is C=CCCc1cc(Cl)nc(C)n1. The van der Waals surface area contributed by atoms with Gasteiger partial charge < -0.3 is 0 Å². The number of aryl methyl sites for hydroxylation is 2. The van der Waals surface area contributed by atoms with Crippen LogP contribution in [0, 0.1) is 6.92 Å². The number of hydrogen-bond acceptors (Lipinski definition) is 2. The van der Waals surface area contributed by atoms with E-state index in [-0.39, 0.29) is 0 Å². The van der Waals surface area contributed by atoms with Gasteiger partial charge in [-0.25, -0.2) is 9.97 Å². The second-order valence-electron chi connectivity index (χ2n) is 2.56. The fourth-order valence-electron chi connectivity index (χ4n) is 0.967. The maximum absolute atomic E-state index is 5.75. The summed E-state index contributed by atoms with van der Waals surface area (Å²) in [5, 5.41) is 0.515. The lowest BCUT2D eigenvalue weighted by Crippen LogP contribution is -1.94. The van der Waals surface area contributed by atoms with Crippen molar-refractivity contribution in [2.45, 2.75) is 19.8 Å². The highest BCUT2D eigenvalue weighted by Crippen LogP contribution is 2.08. The first-order valence-corrected chi connectivity index (χ1v) is 4.21. The Balaban J connectivity index is 2.78. The number of halogens is 1. The van der Waals surface area contributed by atoms with Crippen LogP contribution in [0.25, 0.3) is 0 Å².